The molecule has 0 bridgehead atoms. The Balaban J connectivity index is 2.06. The molecule has 20 heavy (non-hydrogen) atoms. The molecule has 1 aromatic carbocycles. The second kappa shape index (κ2) is 4.05. The van der Waals surface area contributed by atoms with Crippen molar-refractivity contribution in [3.05, 3.63) is 36.0 Å². The van der Waals surface area contributed by atoms with Crippen molar-refractivity contribution in [1.29, 1.82) is 0 Å². The Hall–Kier alpha value is -1.90. The fourth-order valence-corrected chi connectivity index (χ4v) is 4.04. The number of likely N-dealkylation sites (N-methyl/N-ethyl adjacent to an activating group) is 1. The van der Waals surface area contributed by atoms with E-state index in [2.05, 4.69) is 11.1 Å². The number of benzene rings is 1. The number of anilines is 1. The second-order valence-electron chi connectivity index (χ2n) is 6.04. The molecule has 0 saturated heterocycles. The average Bonchev–Trinajstić information content (AvgIpc) is 2.71. The van der Waals surface area contributed by atoms with Gasteiger partial charge in [-0.2, -0.15) is 0 Å². The van der Waals surface area contributed by atoms with E-state index >= 15 is 0 Å². The van der Waals surface area contributed by atoms with Crippen molar-refractivity contribution in [2.75, 3.05) is 11.9 Å². The summed E-state index contributed by atoms with van der Waals surface area (Å²) in [6, 6.07) is 8.21. The Morgan fingerprint density at radius 2 is 1.90 bits per heavy atom. The van der Waals surface area contributed by atoms with E-state index in [-0.39, 0.29) is 11.3 Å². The zero-order chi connectivity index (χ0) is 13.7. The van der Waals surface area contributed by atoms with Crippen molar-refractivity contribution in [3.8, 4) is 0 Å². The zero-order valence-electron chi connectivity index (χ0n) is 11.7. The standard InChI is InChI=1S/C17H18N2O/c1-19-14-11-18-13-8-4-3-7-12(13)15(14)17(16(19)20)9-5-2-6-10-17/h3-4,7-8,11H,2,5-6,9-10H2,1H3. The lowest BCUT2D eigenvalue weighted by atomic mass is 9.69. The molecule has 0 atom stereocenters. The Bertz CT molecular complexity index is 701. The van der Waals surface area contributed by atoms with Gasteiger partial charge < -0.3 is 4.90 Å². The Morgan fingerprint density at radius 1 is 1.15 bits per heavy atom. The maximum atomic E-state index is 12.9. The first kappa shape index (κ1) is 11.9. The summed E-state index contributed by atoms with van der Waals surface area (Å²) >= 11 is 0. The molecule has 1 aliphatic carbocycles. The highest BCUT2D eigenvalue weighted by Gasteiger charge is 2.50. The lowest BCUT2D eigenvalue weighted by Gasteiger charge is -2.32. The van der Waals surface area contributed by atoms with Crippen LogP contribution in [0.2, 0.25) is 0 Å². The number of aromatic nitrogens is 1. The molecule has 0 N–H and O–H groups in total. The number of hydrogen-bond donors (Lipinski definition) is 0. The molecular weight excluding hydrogens is 248 g/mol. The minimum atomic E-state index is -0.287. The van der Waals surface area contributed by atoms with Gasteiger partial charge in [0.25, 0.3) is 0 Å². The summed E-state index contributed by atoms with van der Waals surface area (Å²) in [4.78, 5) is 19.2. The molecule has 3 nitrogen and oxygen atoms in total. The summed E-state index contributed by atoms with van der Waals surface area (Å²) in [6.07, 6.45) is 7.38. The first-order chi connectivity index (χ1) is 9.74. The predicted octanol–water partition coefficient (Wildman–Crippen LogP) is 3.41. The molecule has 1 amide bonds. The Kier molecular flexibility index (Phi) is 2.40. The molecule has 1 saturated carbocycles. The average molecular weight is 266 g/mol. The van der Waals surface area contributed by atoms with E-state index in [9.17, 15) is 4.79 Å². The van der Waals surface area contributed by atoms with Crippen molar-refractivity contribution >= 4 is 22.5 Å². The highest BCUT2D eigenvalue weighted by atomic mass is 16.2. The zero-order valence-corrected chi connectivity index (χ0v) is 11.7. The van der Waals surface area contributed by atoms with E-state index in [1.165, 1.54) is 12.0 Å². The normalized spacial score (nSPS) is 20.6. The molecule has 2 aliphatic rings. The molecule has 102 valence electrons. The monoisotopic (exact) mass is 266 g/mol. The third kappa shape index (κ3) is 1.35. The summed E-state index contributed by atoms with van der Waals surface area (Å²) in [5, 5.41) is 1.16. The molecule has 0 unspecified atom stereocenters. The number of para-hydroxylation sites is 1. The molecule has 4 rings (SSSR count). The van der Waals surface area contributed by atoms with Crippen LogP contribution in [0.3, 0.4) is 0 Å². The predicted molar refractivity (Wildman–Crippen MR) is 79.9 cm³/mol. The number of rotatable bonds is 0. The van der Waals surface area contributed by atoms with Crippen LogP contribution < -0.4 is 4.90 Å². The van der Waals surface area contributed by atoms with Gasteiger partial charge in [-0.1, -0.05) is 37.5 Å². The number of nitrogens with zero attached hydrogens (tertiary/aromatic N) is 2. The van der Waals surface area contributed by atoms with Crippen LogP contribution in [-0.4, -0.2) is 17.9 Å². The molecule has 1 fully saturated rings. The van der Waals surface area contributed by atoms with Crippen LogP contribution in [0.15, 0.2) is 30.5 Å². The first-order valence-corrected chi connectivity index (χ1v) is 7.40. The number of hydrogen-bond acceptors (Lipinski definition) is 2. The minimum absolute atomic E-state index is 0.269. The molecule has 2 aromatic rings. The smallest absolute Gasteiger partial charge is 0.237 e. The van der Waals surface area contributed by atoms with Crippen molar-refractivity contribution in [2.45, 2.75) is 37.5 Å². The van der Waals surface area contributed by atoms with Crippen molar-refractivity contribution < 1.29 is 4.79 Å². The number of carbonyl (C=O) groups is 1. The summed E-state index contributed by atoms with van der Waals surface area (Å²) in [7, 11) is 1.89. The van der Waals surface area contributed by atoms with E-state index in [0.29, 0.717) is 0 Å². The number of amides is 1. The lowest BCUT2D eigenvalue weighted by molar-refractivity contribution is -0.124. The van der Waals surface area contributed by atoms with E-state index in [1.807, 2.05) is 36.3 Å². The van der Waals surface area contributed by atoms with Gasteiger partial charge in [-0.05, 0) is 18.9 Å². The molecule has 1 spiro atoms. The van der Waals surface area contributed by atoms with E-state index in [0.717, 1.165) is 42.3 Å². The first-order valence-electron chi connectivity index (χ1n) is 7.40. The third-order valence-corrected chi connectivity index (χ3v) is 5.02. The van der Waals surface area contributed by atoms with Gasteiger partial charge in [0, 0.05) is 18.0 Å². The van der Waals surface area contributed by atoms with Gasteiger partial charge in [-0.3, -0.25) is 9.78 Å². The quantitative estimate of drug-likeness (QED) is 0.732. The summed E-state index contributed by atoms with van der Waals surface area (Å²) in [5.41, 5.74) is 2.95. The SMILES string of the molecule is CN1C(=O)C2(CCCCC2)c2c1cnc1ccccc21. The Morgan fingerprint density at radius 3 is 2.70 bits per heavy atom. The summed E-state index contributed by atoms with van der Waals surface area (Å²) in [5.74, 6) is 0.269. The molecule has 2 heterocycles. The van der Waals surface area contributed by atoms with Crippen LogP contribution in [0.1, 0.15) is 37.7 Å². The van der Waals surface area contributed by atoms with E-state index in [4.69, 9.17) is 0 Å². The van der Waals surface area contributed by atoms with Crippen LogP contribution in [-0.2, 0) is 10.2 Å². The number of fused-ring (bicyclic) bond motifs is 4. The molecule has 1 aliphatic heterocycles. The van der Waals surface area contributed by atoms with Crippen molar-refractivity contribution in [2.24, 2.45) is 0 Å². The van der Waals surface area contributed by atoms with Gasteiger partial charge in [0.1, 0.15) is 0 Å². The van der Waals surface area contributed by atoms with Crippen molar-refractivity contribution in [3.63, 3.8) is 0 Å². The van der Waals surface area contributed by atoms with Crippen molar-refractivity contribution in [1.82, 2.24) is 4.98 Å². The topological polar surface area (TPSA) is 33.2 Å². The third-order valence-electron chi connectivity index (χ3n) is 5.02. The van der Waals surface area contributed by atoms with Gasteiger partial charge >= 0.3 is 0 Å². The van der Waals surface area contributed by atoms with Crippen LogP contribution >= 0.6 is 0 Å². The van der Waals surface area contributed by atoms with Crippen LogP contribution in [0.5, 0.6) is 0 Å². The lowest BCUT2D eigenvalue weighted by Crippen LogP contribution is -2.40. The van der Waals surface area contributed by atoms with Gasteiger partial charge in [0.15, 0.2) is 0 Å². The molecule has 3 heteroatoms. The Labute approximate surface area is 118 Å². The fraction of sp³-hybridized carbons (Fsp3) is 0.412. The van der Waals surface area contributed by atoms with E-state index < -0.39 is 0 Å². The summed E-state index contributed by atoms with van der Waals surface area (Å²) in [6.45, 7) is 0. The minimum Gasteiger partial charge on any atom is -0.313 e. The van der Waals surface area contributed by atoms with Crippen LogP contribution in [0, 0.1) is 0 Å². The van der Waals surface area contributed by atoms with Gasteiger partial charge in [0.05, 0.1) is 22.8 Å². The second-order valence-corrected chi connectivity index (χ2v) is 6.04. The number of pyridine rings is 1. The highest BCUT2D eigenvalue weighted by molar-refractivity contribution is 6.12. The van der Waals surface area contributed by atoms with Gasteiger partial charge in [0.2, 0.25) is 5.91 Å². The number of carbonyl (C=O) groups excluding carboxylic acids is 1. The fourth-order valence-electron chi connectivity index (χ4n) is 4.04. The van der Waals surface area contributed by atoms with Gasteiger partial charge in [-0.25, -0.2) is 0 Å². The maximum Gasteiger partial charge on any atom is 0.237 e. The highest BCUT2D eigenvalue weighted by Crippen LogP contribution is 2.51. The van der Waals surface area contributed by atoms with Crippen LogP contribution in [0.25, 0.3) is 10.9 Å². The summed E-state index contributed by atoms with van der Waals surface area (Å²) < 4.78 is 0. The largest absolute Gasteiger partial charge is 0.313 e. The van der Waals surface area contributed by atoms with Crippen LogP contribution in [0.4, 0.5) is 5.69 Å². The molecule has 0 radical (unpaired) electrons. The molecular formula is C17H18N2O. The van der Waals surface area contributed by atoms with E-state index in [1.54, 1.807) is 0 Å². The maximum absolute atomic E-state index is 12.9. The van der Waals surface area contributed by atoms with Gasteiger partial charge in [-0.15, -0.1) is 0 Å². The molecule has 1 aromatic heterocycles.